The van der Waals surface area contributed by atoms with Gasteiger partial charge in [0.1, 0.15) is 0 Å². The summed E-state index contributed by atoms with van der Waals surface area (Å²) in [5.41, 5.74) is 2.72. The molecule has 3 aromatic heterocycles. The molecule has 4 heteroatoms. The molecule has 0 aliphatic rings. The molecule has 0 saturated carbocycles. The molecule has 0 N–H and O–H groups in total. The quantitative estimate of drug-likeness (QED) is 0.184. The van der Waals surface area contributed by atoms with Crippen molar-refractivity contribution in [3.8, 4) is 22.5 Å². The maximum Gasteiger partial charge on any atom is 0.0618 e. The van der Waals surface area contributed by atoms with Gasteiger partial charge in [0.2, 0.25) is 0 Å². The van der Waals surface area contributed by atoms with E-state index < -0.39 is 6.85 Å². The first-order valence-electron chi connectivity index (χ1n) is 12.5. The van der Waals surface area contributed by atoms with E-state index in [1.165, 1.54) is 6.20 Å². The molecule has 0 bridgehead atoms. The molecule has 2 nitrogen and oxygen atoms in total. The first-order chi connectivity index (χ1) is 17.8. The van der Waals surface area contributed by atoms with Gasteiger partial charge in [0.25, 0.3) is 0 Å². The van der Waals surface area contributed by atoms with Gasteiger partial charge in [-0.25, -0.2) is 0 Å². The van der Waals surface area contributed by atoms with Gasteiger partial charge in [0, 0.05) is 41.3 Å². The summed E-state index contributed by atoms with van der Waals surface area (Å²) in [6.07, 6.45) is 2.97. The molecule has 3 aromatic carbocycles. The van der Waals surface area contributed by atoms with Crippen LogP contribution in [0.4, 0.5) is 0 Å². The van der Waals surface area contributed by atoms with Gasteiger partial charge in [0.05, 0.1) is 2.74 Å². The largest absolute Gasteiger partial charge is 0.305 e. The fourth-order valence-corrected chi connectivity index (χ4v) is 4.53. The smallest absolute Gasteiger partial charge is 0.0618 e. The van der Waals surface area contributed by atoms with Crippen molar-refractivity contribution < 1.29 is 27.0 Å². The molecule has 163 valence electrons. The summed E-state index contributed by atoms with van der Waals surface area (Å²) in [6, 6.07) is 31.2. The summed E-state index contributed by atoms with van der Waals surface area (Å²) in [5, 5.41) is 1.98. The summed E-state index contributed by atoms with van der Waals surface area (Å²) in [4.78, 5) is 8.44. The van der Waals surface area contributed by atoms with Crippen LogP contribution in [0.2, 0.25) is 0 Å². The van der Waals surface area contributed by atoms with Gasteiger partial charge in [-0.1, -0.05) is 47.8 Å². The molecule has 0 atom stereocenters. The molecule has 0 aliphatic carbocycles. The Morgan fingerprint density at radius 2 is 1.70 bits per heavy atom. The van der Waals surface area contributed by atoms with Crippen LogP contribution < -0.4 is 0 Å². The molecule has 0 amide bonds. The maximum absolute atomic E-state index is 8.27. The second-order valence-electron chi connectivity index (χ2n) is 6.95. The van der Waals surface area contributed by atoms with Crippen molar-refractivity contribution in [2.45, 2.75) is 6.85 Å². The van der Waals surface area contributed by atoms with E-state index in [-0.39, 0.29) is 43.4 Å². The van der Waals surface area contributed by atoms with E-state index in [0.717, 1.165) is 31.4 Å². The number of rotatable bonds is 2. The van der Waals surface area contributed by atoms with Crippen LogP contribution in [-0.4, -0.2) is 9.97 Å². The van der Waals surface area contributed by atoms with Crippen LogP contribution in [0.1, 0.15) is 12.4 Å². The normalized spacial score (nSPS) is 12.9. The van der Waals surface area contributed by atoms with E-state index in [1.807, 2.05) is 72.8 Å². The van der Waals surface area contributed by atoms with Gasteiger partial charge in [-0.3, -0.25) is 0 Å². The number of fused-ring (bicyclic) bond motifs is 3. The Balaban J connectivity index is 0.000000218. The molecule has 0 spiro atoms. The van der Waals surface area contributed by atoms with Crippen LogP contribution in [0.25, 0.3) is 42.7 Å². The molecule has 0 fully saturated rings. The van der Waals surface area contributed by atoms with Crippen molar-refractivity contribution in [2.75, 3.05) is 0 Å². The van der Waals surface area contributed by atoms with E-state index in [0.29, 0.717) is 5.56 Å². The Kier molecular flexibility index (Phi) is 5.58. The number of benzene rings is 3. The van der Waals surface area contributed by atoms with E-state index in [1.54, 1.807) is 23.6 Å². The van der Waals surface area contributed by atoms with Crippen molar-refractivity contribution in [2.24, 2.45) is 0 Å². The van der Waals surface area contributed by atoms with Crippen molar-refractivity contribution in [1.82, 2.24) is 9.97 Å². The Labute approximate surface area is 218 Å². The molecule has 6 aromatic rings. The minimum absolute atomic E-state index is 0. The molecular formula is C29H20IrN2S-2. The van der Waals surface area contributed by atoms with Gasteiger partial charge in [-0.05, 0) is 46.0 Å². The molecule has 0 unspecified atom stereocenters. The summed E-state index contributed by atoms with van der Waals surface area (Å²) < 4.78 is 41.0. The number of hydrogen-bond donors (Lipinski definition) is 0. The van der Waals surface area contributed by atoms with Crippen molar-refractivity contribution >= 4 is 31.5 Å². The van der Waals surface area contributed by atoms with Crippen molar-refractivity contribution in [1.29, 1.82) is 0 Å². The third-order valence-electron chi connectivity index (χ3n) is 4.86. The van der Waals surface area contributed by atoms with Crippen LogP contribution >= 0.6 is 11.3 Å². The molecule has 33 heavy (non-hydrogen) atoms. The third-order valence-corrected chi connectivity index (χ3v) is 6.00. The molecule has 0 aliphatic heterocycles. The topological polar surface area (TPSA) is 25.8 Å². The minimum Gasteiger partial charge on any atom is -0.305 e. The van der Waals surface area contributed by atoms with Gasteiger partial charge in [-0.15, -0.1) is 59.7 Å². The van der Waals surface area contributed by atoms with E-state index in [2.05, 4.69) is 22.1 Å². The summed E-state index contributed by atoms with van der Waals surface area (Å²) in [5.74, 6) is 0. The zero-order valence-electron chi connectivity index (χ0n) is 22.3. The fraction of sp³-hybridized carbons (Fsp3) is 0.0345. The summed E-state index contributed by atoms with van der Waals surface area (Å²) in [6.45, 7) is -2.46. The summed E-state index contributed by atoms with van der Waals surface area (Å²) >= 11 is 1.64. The van der Waals surface area contributed by atoms with E-state index >= 15 is 0 Å². The fourth-order valence-electron chi connectivity index (χ4n) is 3.42. The third kappa shape index (κ3) is 5.09. The standard InChI is InChI=1S/C18H12NS.C11H8N.Ir/c1-12-9-10-15(19-11-12)13-6-4-8-17-18(13)14-5-2-3-7-16(14)20-17;1-2-6-10(7-3-1)11-8-4-5-9-12-11;/h2-5,7-11H,1H3;1-6,8-9H;/q2*-1;/i1D3,9D,10D;;. The molecule has 3 heterocycles. The number of pyridine rings is 2. The van der Waals surface area contributed by atoms with Crippen molar-refractivity contribution in [3.05, 3.63) is 121 Å². The van der Waals surface area contributed by atoms with Crippen LogP contribution in [-0.2, 0) is 20.1 Å². The number of aromatic nitrogens is 2. The average molecular weight is 626 g/mol. The van der Waals surface area contributed by atoms with Gasteiger partial charge in [0.15, 0.2) is 0 Å². The van der Waals surface area contributed by atoms with Crippen LogP contribution in [0.15, 0.2) is 103 Å². The second kappa shape index (κ2) is 10.6. The van der Waals surface area contributed by atoms with Crippen LogP contribution in [0, 0.1) is 19.0 Å². The SMILES string of the molecule is [2H]c1c(C([2H])([2H])[2H])cnc(-c2[c-]ccc3sc4ccccc4c23)c1[2H].[Ir].[c-]1ccccc1-c1ccccn1. The first-order valence-corrected chi connectivity index (χ1v) is 10.8. The predicted octanol–water partition coefficient (Wildman–Crippen LogP) is 7.77. The monoisotopic (exact) mass is 626 g/mol. The second-order valence-corrected chi connectivity index (χ2v) is 8.04. The average Bonchev–Trinajstić information content (AvgIpc) is 3.30. The maximum atomic E-state index is 8.27. The Morgan fingerprint density at radius 1 is 0.818 bits per heavy atom. The molecule has 0 saturated heterocycles. The van der Waals surface area contributed by atoms with E-state index in [4.69, 9.17) is 6.85 Å². The minimum atomic E-state index is -2.46. The number of thiophene rings is 1. The molecule has 6 rings (SSSR count). The number of hydrogen-bond acceptors (Lipinski definition) is 3. The molecule has 1 radical (unpaired) electrons. The number of nitrogens with zero attached hydrogens (tertiary/aromatic N) is 2. The van der Waals surface area contributed by atoms with Crippen LogP contribution in [0.3, 0.4) is 0 Å². The molecular weight excluding hydrogens is 601 g/mol. The van der Waals surface area contributed by atoms with Gasteiger partial charge in [-0.2, -0.15) is 11.3 Å². The predicted molar refractivity (Wildman–Crippen MR) is 135 cm³/mol. The zero-order valence-corrected chi connectivity index (χ0v) is 20.5. The van der Waals surface area contributed by atoms with Gasteiger partial charge < -0.3 is 9.97 Å². The van der Waals surface area contributed by atoms with Gasteiger partial charge >= 0.3 is 0 Å². The van der Waals surface area contributed by atoms with Crippen LogP contribution in [0.5, 0.6) is 0 Å². The Morgan fingerprint density at radius 3 is 2.52 bits per heavy atom. The van der Waals surface area contributed by atoms with Crippen molar-refractivity contribution in [3.63, 3.8) is 0 Å². The summed E-state index contributed by atoms with van der Waals surface area (Å²) in [7, 11) is 0. The Hall–Kier alpha value is -3.17. The first kappa shape index (κ1) is 17.3. The van der Waals surface area contributed by atoms with E-state index in [9.17, 15) is 0 Å². The Bertz CT molecular complexity index is 1650. The zero-order chi connectivity index (χ0) is 26.0. The number of aryl methyl sites for hydroxylation is 1.